The number of benzene rings is 1. The van der Waals surface area contributed by atoms with Crippen LogP contribution in [-0.2, 0) is 0 Å². The van der Waals surface area contributed by atoms with Crippen LogP contribution >= 0.6 is 22.6 Å². The molecule has 0 amide bonds. The van der Waals surface area contributed by atoms with Crippen LogP contribution in [0.25, 0.3) is 0 Å². The predicted octanol–water partition coefficient (Wildman–Crippen LogP) is 4.22. The standard InChI is InChI=1S/C14H20INO/c15-12-7-8-14(13(16)9-12)17-10-11-5-3-1-2-4-6-11/h7-9,11H,1-6,10,16H2. The maximum absolute atomic E-state index is 5.94. The molecule has 3 heteroatoms. The topological polar surface area (TPSA) is 35.2 Å². The maximum Gasteiger partial charge on any atom is 0.142 e. The van der Waals surface area contributed by atoms with Crippen molar-refractivity contribution in [3.63, 3.8) is 0 Å². The van der Waals surface area contributed by atoms with Gasteiger partial charge in [-0.05, 0) is 59.5 Å². The highest BCUT2D eigenvalue weighted by Gasteiger charge is 2.13. The molecule has 0 saturated heterocycles. The molecule has 2 nitrogen and oxygen atoms in total. The molecule has 0 aromatic heterocycles. The first-order chi connectivity index (χ1) is 8.25. The van der Waals surface area contributed by atoms with Crippen LogP contribution in [-0.4, -0.2) is 6.61 Å². The Kier molecular flexibility index (Phi) is 4.95. The summed E-state index contributed by atoms with van der Waals surface area (Å²) in [6, 6.07) is 5.98. The van der Waals surface area contributed by atoms with Crippen LogP contribution < -0.4 is 10.5 Å². The molecule has 1 aromatic rings. The lowest BCUT2D eigenvalue weighted by Gasteiger charge is -2.16. The fourth-order valence-electron chi connectivity index (χ4n) is 2.39. The largest absolute Gasteiger partial charge is 0.491 e. The summed E-state index contributed by atoms with van der Waals surface area (Å²) in [7, 11) is 0. The molecule has 1 saturated carbocycles. The lowest BCUT2D eigenvalue weighted by molar-refractivity contribution is 0.235. The molecule has 0 spiro atoms. The molecule has 0 heterocycles. The van der Waals surface area contributed by atoms with Gasteiger partial charge in [-0.15, -0.1) is 0 Å². The van der Waals surface area contributed by atoms with E-state index in [1.165, 1.54) is 38.5 Å². The van der Waals surface area contributed by atoms with Gasteiger partial charge in [0.2, 0.25) is 0 Å². The molecule has 94 valence electrons. The van der Waals surface area contributed by atoms with E-state index in [0.717, 1.165) is 27.5 Å². The highest BCUT2D eigenvalue weighted by Crippen LogP contribution is 2.27. The quantitative estimate of drug-likeness (QED) is 0.506. The summed E-state index contributed by atoms with van der Waals surface area (Å²) in [6.07, 6.45) is 8.12. The van der Waals surface area contributed by atoms with Crippen LogP contribution in [0.15, 0.2) is 18.2 Å². The second-order valence-electron chi connectivity index (χ2n) is 4.85. The first-order valence-corrected chi connectivity index (χ1v) is 7.51. The molecule has 2 N–H and O–H groups in total. The van der Waals surface area contributed by atoms with E-state index in [1.807, 2.05) is 18.2 Å². The van der Waals surface area contributed by atoms with Gasteiger partial charge in [0.15, 0.2) is 0 Å². The summed E-state index contributed by atoms with van der Waals surface area (Å²) in [6.45, 7) is 0.824. The number of nitrogen functional groups attached to an aromatic ring is 1. The molecule has 0 radical (unpaired) electrons. The fourth-order valence-corrected chi connectivity index (χ4v) is 2.90. The maximum atomic E-state index is 5.94. The Labute approximate surface area is 117 Å². The lowest BCUT2D eigenvalue weighted by atomic mass is 10.0. The van der Waals surface area contributed by atoms with Crippen molar-refractivity contribution in [1.82, 2.24) is 0 Å². The molecular formula is C14H20INO. The zero-order chi connectivity index (χ0) is 12.1. The smallest absolute Gasteiger partial charge is 0.142 e. The van der Waals surface area contributed by atoms with E-state index in [-0.39, 0.29) is 0 Å². The van der Waals surface area contributed by atoms with Crippen LogP contribution in [0.1, 0.15) is 38.5 Å². The minimum atomic E-state index is 0.719. The summed E-state index contributed by atoms with van der Waals surface area (Å²) in [4.78, 5) is 0. The average Bonchev–Trinajstić information content (AvgIpc) is 2.56. The van der Waals surface area contributed by atoms with Crippen LogP contribution in [0.4, 0.5) is 5.69 Å². The molecule has 1 fully saturated rings. The molecule has 0 unspecified atom stereocenters. The number of ether oxygens (including phenoxy) is 1. The van der Waals surface area contributed by atoms with Gasteiger partial charge in [-0.1, -0.05) is 25.7 Å². The number of hydrogen-bond donors (Lipinski definition) is 1. The number of anilines is 1. The molecule has 1 aliphatic carbocycles. The molecule has 1 aliphatic rings. The zero-order valence-electron chi connectivity index (χ0n) is 10.1. The van der Waals surface area contributed by atoms with Crippen molar-refractivity contribution < 1.29 is 4.74 Å². The van der Waals surface area contributed by atoms with E-state index in [4.69, 9.17) is 10.5 Å². The van der Waals surface area contributed by atoms with E-state index in [1.54, 1.807) is 0 Å². The van der Waals surface area contributed by atoms with E-state index < -0.39 is 0 Å². The van der Waals surface area contributed by atoms with Crippen molar-refractivity contribution in [3.8, 4) is 5.75 Å². The molecule has 17 heavy (non-hydrogen) atoms. The van der Waals surface area contributed by atoms with E-state index >= 15 is 0 Å². The monoisotopic (exact) mass is 345 g/mol. The van der Waals surface area contributed by atoms with Gasteiger partial charge >= 0.3 is 0 Å². The third-order valence-corrected chi connectivity index (χ3v) is 4.09. The van der Waals surface area contributed by atoms with Crippen LogP contribution in [0.2, 0.25) is 0 Å². The number of nitrogens with two attached hydrogens (primary N) is 1. The second-order valence-corrected chi connectivity index (χ2v) is 6.10. The highest BCUT2D eigenvalue weighted by molar-refractivity contribution is 14.1. The van der Waals surface area contributed by atoms with Gasteiger partial charge in [0.05, 0.1) is 12.3 Å². The summed E-state index contributed by atoms with van der Waals surface area (Å²) in [5.41, 5.74) is 6.69. The number of rotatable bonds is 3. The minimum absolute atomic E-state index is 0.719. The summed E-state index contributed by atoms with van der Waals surface area (Å²) >= 11 is 2.26. The Morgan fingerprint density at radius 3 is 2.53 bits per heavy atom. The minimum Gasteiger partial charge on any atom is -0.491 e. The Morgan fingerprint density at radius 1 is 1.18 bits per heavy atom. The third kappa shape index (κ3) is 4.05. The van der Waals surface area contributed by atoms with Gasteiger partial charge in [-0.25, -0.2) is 0 Å². The molecule has 0 bridgehead atoms. The van der Waals surface area contributed by atoms with Crippen molar-refractivity contribution >= 4 is 28.3 Å². The Bertz CT molecular complexity index is 359. The molecule has 0 atom stereocenters. The van der Waals surface area contributed by atoms with Crippen LogP contribution in [0, 0.1) is 9.49 Å². The summed E-state index contributed by atoms with van der Waals surface area (Å²) in [5, 5.41) is 0. The van der Waals surface area contributed by atoms with Gasteiger partial charge in [0, 0.05) is 3.57 Å². The average molecular weight is 345 g/mol. The van der Waals surface area contributed by atoms with Gasteiger partial charge in [0.1, 0.15) is 5.75 Å². The van der Waals surface area contributed by atoms with Crippen molar-refractivity contribution in [2.45, 2.75) is 38.5 Å². The van der Waals surface area contributed by atoms with Gasteiger partial charge in [0.25, 0.3) is 0 Å². The van der Waals surface area contributed by atoms with Crippen molar-refractivity contribution in [1.29, 1.82) is 0 Å². The fraction of sp³-hybridized carbons (Fsp3) is 0.571. The molecule has 2 rings (SSSR count). The molecule has 1 aromatic carbocycles. The Balaban J connectivity index is 1.88. The van der Waals surface area contributed by atoms with E-state index in [9.17, 15) is 0 Å². The number of hydrogen-bond acceptors (Lipinski definition) is 2. The Hall–Kier alpha value is -0.450. The van der Waals surface area contributed by atoms with Crippen molar-refractivity contribution in [2.24, 2.45) is 5.92 Å². The third-order valence-electron chi connectivity index (χ3n) is 3.42. The molecular weight excluding hydrogens is 325 g/mol. The normalized spacial score (nSPS) is 17.7. The van der Waals surface area contributed by atoms with Gasteiger partial charge in [-0.3, -0.25) is 0 Å². The summed E-state index contributed by atoms with van der Waals surface area (Å²) in [5.74, 6) is 1.56. The van der Waals surface area contributed by atoms with E-state index in [0.29, 0.717) is 0 Å². The van der Waals surface area contributed by atoms with Gasteiger partial charge < -0.3 is 10.5 Å². The van der Waals surface area contributed by atoms with Crippen molar-refractivity contribution in [3.05, 3.63) is 21.8 Å². The van der Waals surface area contributed by atoms with E-state index in [2.05, 4.69) is 22.6 Å². The summed E-state index contributed by atoms with van der Waals surface area (Å²) < 4.78 is 7.01. The first kappa shape index (κ1) is 13.0. The zero-order valence-corrected chi connectivity index (χ0v) is 12.3. The van der Waals surface area contributed by atoms with Gasteiger partial charge in [-0.2, -0.15) is 0 Å². The van der Waals surface area contributed by atoms with Crippen LogP contribution in [0.3, 0.4) is 0 Å². The highest BCUT2D eigenvalue weighted by atomic mass is 127. The first-order valence-electron chi connectivity index (χ1n) is 6.43. The Morgan fingerprint density at radius 2 is 1.88 bits per heavy atom. The number of halogens is 1. The van der Waals surface area contributed by atoms with Crippen LogP contribution in [0.5, 0.6) is 5.75 Å². The second kappa shape index (κ2) is 6.47. The lowest BCUT2D eigenvalue weighted by Crippen LogP contribution is -2.12. The van der Waals surface area contributed by atoms with Crippen molar-refractivity contribution in [2.75, 3.05) is 12.3 Å². The molecule has 0 aliphatic heterocycles. The SMILES string of the molecule is Nc1cc(I)ccc1OCC1CCCCCC1. The predicted molar refractivity (Wildman–Crippen MR) is 80.3 cm³/mol.